The summed E-state index contributed by atoms with van der Waals surface area (Å²) in [5, 5.41) is 0.689. The van der Waals surface area contributed by atoms with E-state index < -0.39 is 11.9 Å². The zero-order valence-corrected chi connectivity index (χ0v) is 15.9. The average molecular weight is 372 g/mol. The number of amides is 1. The Labute approximate surface area is 158 Å². The lowest BCUT2D eigenvalue weighted by molar-refractivity contribution is -0.153. The number of hydrogen-bond acceptors (Lipinski definition) is 3. The second kappa shape index (κ2) is 7.12. The topological polar surface area (TPSA) is 46.6 Å². The molecule has 1 amide bonds. The van der Waals surface area contributed by atoms with E-state index in [2.05, 4.69) is 6.92 Å². The highest BCUT2D eigenvalue weighted by atomic mass is 35.5. The van der Waals surface area contributed by atoms with Gasteiger partial charge in [0.2, 0.25) is 0 Å². The molecule has 136 valence electrons. The number of rotatable bonds is 2. The zero-order valence-electron chi connectivity index (χ0n) is 15.2. The number of fused-ring (bicyclic) bond motifs is 1. The summed E-state index contributed by atoms with van der Waals surface area (Å²) in [4.78, 5) is 26.3. The van der Waals surface area contributed by atoms with Crippen molar-refractivity contribution in [2.24, 2.45) is 0 Å². The third kappa shape index (κ3) is 3.10. The largest absolute Gasteiger partial charge is 0.459 e. The van der Waals surface area contributed by atoms with Crippen LogP contribution >= 0.6 is 11.6 Å². The molecule has 0 saturated carbocycles. The van der Waals surface area contributed by atoms with E-state index in [1.165, 1.54) is 0 Å². The Morgan fingerprint density at radius 1 is 1.19 bits per heavy atom. The number of carbonyl (C=O) groups excluding carboxylic acids is 2. The summed E-state index contributed by atoms with van der Waals surface area (Å²) in [6.45, 7) is 5.99. The molecular formula is C21H22ClNO3. The summed E-state index contributed by atoms with van der Waals surface area (Å²) >= 11 is 6.05. The van der Waals surface area contributed by atoms with Crippen molar-refractivity contribution in [3.8, 4) is 0 Å². The Morgan fingerprint density at radius 3 is 2.50 bits per heavy atom. The Balaban J connectivity index is 2.09. The smallest absolute Gasteiger partial charge is 0.397 e. The van der Waals surface area contributed by atoms with Gasteiger partial charge < -0.3 is 4.74 Å². The van der Waals surface area contributed by atoms with Crippen molar-refractivity contribution in [3.05, 3.63) is 64.7 Å². The van der Waals surface area contributed by atoms with E-state index >= 15 is 0 Å². The molecule has 0 unspecified atom stereocenters. The van der Waals surface area contributed by atoms with Gasteiger partial charge >= 0.3 is 11.9 Å². The Morgan fingerprint density at radius 2 is 1.85 bits per heavy atom. The second-order valence-corrected chi connectivity index (χ2v) is 7.24. The Kier molecular flexibility index (Phi) is 5.05. The monoisotopic (exact) mass is 371 g/mol. The lowest BCUT2D eigenvalue weighted by Crippen LogP contribution is -2.50. The fourth-order valence-electron chi connectivity index (χ4n) is 3.87. The fraction of sp³-hybridized carbons (Fsp3) is 0.333. The van der Waals surface area contributed by atoms with Crippen LogP contribution in [0.25, 0.3) is 0 Å². The van der Waals surface area contributed by atoms with Crippen molar-refractivity contribution in [2.75, 3.05) is 11.5 Å². The normalized spacial score (nSPS) is 21.8. The van der Waals surface area contributed by atoms with Crippen LogP contribution in [-0.4, -0.2) is 24.5 Å². The van der Waals surface area contributed by atoms with E-state index in [-0.39, 0.29) is 18.1 Å². The Hall–Kier alpha value is -2.33. The van der Waals surface area contributed by atoms with Crippen LogP contribution in [0.1, 0.15) is 38.3 Å². The highest BCUT2D eigenvalue weighted by Gasteiger charge is 2.43. The Bertz CT molecular complexity index is 833. The van der Waals surface area contributed by atoms with Crippen LogP contribution in [0, 0.1) is 0 Å². The molecule has 26 heavy (non-hydrogen) atoms. The number of carbonyl (C=O) groups is 2. The van der Waals surface area contributed by atoms with Gasteiger partial charge in [0, 0.05) is 22.2 Å². The van der Waals surface area contributed by atoms with Crippen LogP contribution in [0.5, 0.6) is 0 Å². The van der Waals surface area contributed by atoms with Crippen LogP contribution in [0.15, 0.2) is 48.5 Å². The van der Waals surface area contributed by atoms with Gasteiger partial charge in [-0.2, -0.15) is 0 Å². The molecule has 1 heterocycles. The van der Waals surface area contributed by atoms with E-state index in [4.69, 9.17) is 16.3 Å². The van der Waals surface area contributed by atoms with Crippen LogP contribution in [-0.2, 0) is 19.7 Å². The number of esters is 1. The van der Waals surface area contributed by atoms with Crippen molar-refractivity contribution < 1.29 is 14.3 Å². The highest BCUT2D eigenvalue weighted by Crippen LogP contribution is 2.46. The fourth-order valence-corrected chi connectivity index (χ4v) is 4.00. The van der Waals surface area contributed by atoms with Gasteiger partial charge in [0.25, 0.3) is 0 Å². The molecule has 0 fully saturated rings. The lowest BCUT2D eigenvalue weighted by Gasteiger charge is -2.45. The minimum absolute atomic E-state index is 0.150. The first-order valence-corrected chi connectivity index (χ1v) is 9.12. The molecule has 0 N–H and O–H groups in total. The number of nitrogens with zero attached hydrogens (tertiary/aromatic N) is 1. The van der Waals surface area contributed by atoms with Gasteiger partial charge in [-0.15, -0.1) is 0 Å². The standard InChI is InChI=1S/C21H22ClNO3/c1-4-26-20(25)19(24)23-14(2)13-21(3,15-9-11-16(22)12-10-15)17-7-5-6-8-18(17)23/h5-12,14H,4,13H2,1-3H3/t14-,21+/m1/s1. The first-order valence-electron chi connectivity index (χ1n) is 8.74. The van der Waals surface area contributed by atoms with E-state index in [0.717, 1.165) is 16.8 Å². The van der Waals surface area contributed by atoms with Gasteiger partial charge in [0.1, 0.15) is 0 Å². The number of para-hydroxylation sites is 1. The first kappa shape index (κ1) is 18.5. The van der Waals surface area contributed by atoms with Crippen LogP contribution in [0.4, 0.5) is 5.69 Å². The molecular weight excluding hydrogens is 350 g/mol. The molecule has 4 nitrogen and oxygen atoms in total. The van der Waals surface area contributed by atoms with Gasteiger partial charge in [-0.1, -0.05) is 48.9 Å². The summed E-state index contributed by atoms with van der Waals surface area (Å²) in [5.74, 6) is -1.44. The minimum Gasteiger partial charge on any atom is -0.459 e. The molecule has 0 aromatic heterocycles. The maximum absolute atomic E-state index is 12.7. The first-order chi connectivity index (χ1) is 12.4. The lowest BCUT2D eigenvalue weighted by atomic mass is 9.69. The maximum atomic E-state index is 12.7. The number of anilines is 1. The zero-order chi connectivity index (χ0) is 18.9. The summed E-state index contributed by atoms with van der Waals surface area (Å²) < 4.78 is 4.93. The van der Waals surface area contributed by atoms with Crippen molar-refractivity contribution in [1.29, 1.82) is 0 Å². The molecule has 2 aromatic carbocycles. The second-order valence-electron chi connectivity index (χ2n) is 6.80. The molecule has 0 spiro atoms. The molecule has 2 aromatic rings. The number of halogens is 1. The van der Waals surface area contributed by atoms with E-state index in [1.54, 1.807) is 11.8 Å². The molecule has 0 radical (unpaired) electrons. The van der Waals surface area contributed by atoms with Gasteiger partial charge in [-0.25, -0.2) is 4.79 Å². The number of ether oxygens (including phenoxy) is 1. The molecule has 1 aliphatic rings. The molecule has 5 heteroatoms. The van der Waals surface area contributed by atoms with Gasteiger partial charge in [-0.3, -0.25) is 9.69 Å². The SMILES string of the molecule is CCOC(=O)C(=O)N1c2ccccc2[C@](C)(c2ccc(Cl)cc2)C[C@H]1C. The van der Waals surface area contributed by atoms with E-state index in [1.807, 2.05) is 55.5 Å². The molecule has 2 atom stereocenters. The number of benzene rings is 2. The van der Waals surface area contributed by atoms with Crippen molar-refractivity contribution >= 4 is 29.2 Å². The van der Waals surface area contributed by atoms with Gasteiger partial charge in [0.15, 0.2) is 0 Å². The van der Waals surface area contributed by atoms with E-state index in [9.17, 15) is 9.59 Å². The quantitative estimate of drug-likeness (QED) is 0.583. The molecule has 0 aliphatic carbocycles. The molecule has 3 rings (SSSR count). The van der Waals surface area contributed by atoms with Crippen molar-refractivity contribution in [2.45, 2.75) is 38.6 Å². The average Bonchev–Trinajstić information content (AvgIpc) is 2.62. The van der Waals surface area contributed by atoms with Crippen LogP contribution in [0.3, 0.4) is 0 Å². The van der Waals surface area contributed by atoms with E-state index in [0.29, 0.717) is 11.4 Å². The highest BCUT2D eigenvalue weighted by molar-refractivity contribution is 6.38. The van der Waals surface area contributed by atoms with Crippen molar-refractivity contribution in [3.63, 3.8) is 0 Å². The van der Waals surface area contributed by atoms with Gasteiger partial charge in [0.05, 0.1) is 6.61 Å². The predicted octanol–water partition coefficient (Wildman–Crippen LogP) is 4.33. The summed E-state index contributed by atoms with van der Waals surface area (Å²) in [6.07, 6.45) is 0.691. The molecule has 1 aliphatic heterocycles. The number of hydrogen-bond donors (Lipinski definition) is 0. The predicted molar refractivity (Wildman–Crippen MR) is 103 cm³/mol. The third-order valence-electron chi connectivity index (χ3n) is 5.05. The summed E-state index contributed by atoms with van der Waals surface area (Å²) in [7, 11) is 0. The summed E-state index contributed by atoms with van der Waals surface area (Å²) in [6, 6.07) is 15.4. The summed E-state index contributed by atoms with van der Waals surface area (Å²) in [5.41, 5.74) is 2.61. The third-order valence-corrected chi connectivity index (χ3v) is 5.30. The van der Waals surface area contributed by atoms with Crippen LogP contribution < -0.4 is 4.90 Å². The van der Waals surface area contributed by atoms with Crippen LogP contribution in [0.2, 0.25) is 5.02 Å². The maximum Gasteiger partial charge on any atom is 0.397 e. The molecule has 0 bridgehead atoms. The molecule has 0 saturated heterocycles. The minimum atomic E-state index is -0.816. The van der Waals surface area contributed by atoms with Gasteiger partial charge in [-0.05, 0) is 49.6 Å². The van der Waals surface area contributed by atoms with Crippen molar-refractivity contribution in [1.82, 2.24) is 0 Å².